The van der Waals surface area contributed by atoms with E-state index in [1.807, 2.05) is 44.2 Å². The molecule has 0 aliphatic heterocycles. The second kappa shape index (κ2) is 7.55. The Morgan fingerprint density at radius 1 is 1.25 bits per heavy atom. The molecular weight excluding hydrogens is 374 g/mol. The zero-order valence-electron chi connectivity index (χ0n) is 15.7. The lowest BCUT2D eigenvalue weighted by molar-refractivity contribution is -0.117. The molecule has 2 amide bonds. The number of nitrogens with one attached hydrogen (secondary N) is 2. The minimum atomic E-state index is -0.150. The summed E-state index contributed by atoms with van der Waals surface area (Å²) in [5.74, 6) is 0.0523. The molecule has 1 fully saturated rings. The number of nitrogens with zero attached hydrogens (tertiary/aromatic N) is 3. The van der Waals surface area contributed by atoms with E-state index in [1.54, 1.807) is 11.0 Å². The van der Waals surface area contributed by atoms with Crippen LogP contribution in [0.2, 0.25) is 0 Å². The quantitative estimate of drug-likeness (QED) is 0.669. The van der Waals surface area contributed by atoms with Gasteiger partial charge in [-0.2, -0.15) is 5.10 Å². The molecule has 7 nitrogen and oxygen atoms in total. The lowest BCUT2D eigenvalue weighted by atomic mass is 10.1. The van der Waals surface area contributed by atoms with Crippen molar-refractivity contribution in [1.29, 1.82) is 0 Å². The predicted octanol–water partition coefficient (Wildman–Crippen LogP) is 3.48. The van der Waals surface area contributed by atoms with Gasteiger partial charge in [-0.1, -0.05) is 12.1 Å². The second-order valence-electron chi connectivity index (χ2n) is 7.01. The fraction of sp³-hybridized carbons (Fsp3) is 0.300. The van der Waals surface area contributed by atoms with Gasteiger partial charge >= 0.3 is 0 Å². The Hall–Kier alpha value is -3.00. The van der Waals surface area contributed by atoms with Gasteiger partial charge in [0.1, 0.15) is 12.7 Å². The summed E-state index contributed by atoms with van der Waals surface area (Å²) in [5, 5.41) is 10.8. The first kappa shape index (κ1) is 18.4. The van der Waals surface area contributed by atoms with Crippen LogP contribution in [0, 0.1) is 12.8 Å². The van der Waals surface area contributed by atoms with Crippen molar-refractivity contribution >= 4 is 28.2 Å². The normalized spacial score (nSPS) is 14.5. The van der Waals surface area contributed by atoms with E-state index < -0.39 is 0 Å². The molecule has 1 unspecified atom stereocenters. The van der Waals surface area contributed by atoms with Crippen LogP contribution < -0.4 is 10.6 Å². The van der Waals surface area contributed by atoms with Gasteiger partial charge in [-0.15, -0.1) is 11.3 Å². The lowest BCUT2D eigenvalue weighted by Gasteiger charge is -2.14. The summed E-state index contributed by atoms with van der Waals surface area (Å²) in [7, 11) is 0. The van der Waals surface area contributed by atoms with Gasteiger partial charge in [0.2, 0.25) is 5.91 Å². The second-order valence-corrected chi connectivity index (χ2v) is 8.07. The molecule has 28 heavy (non-hydrogen) atoms. The monoisotopic (exact) mass is 395 g/mol. The summed E-state index contributed by atoms with van der Waals surface area (Å²) in [6.07, 6.45) is 5.04. The van der Waals surface area contributed by atoms with Gasteiger partial charge in [0.05, 0.1) is 21.6 Å². The van der Waals surface area contributed by atoms with Gasteiger partial charge in [0.15, 0.2) is 0 Å². The van der Waals surface area contributed by atoms with E-state index >= 15 is 0 Å². The highest BCUT2D eigenvalue weighted by molar-refractivity contribution is 7.18. The molecule has 0 radical (unpaired) electrons. The van der Waals surface area contributed by atoms with Crippen molar-refractivity contribution in [2.45, 2.75) is 32.7 Å². The molecule has 144 valence electrons. The Kier molecular flexibility index (Phi) is 4.95. The highest BCUT2D eigenvalue weighted by atomic mass is 32.1. The van der Waals surface area contributed by atoms with Gasteiger partial charge in [0.25, 0.3) is 5.91 Å². The average molecular weight is 395 g/mol. The average Bonchev–Trinajstić information content (AvgIpc) is 3.27. The highest BCUT2D eigenvalue weighted by Gasteiger charge is 2.30. The molecule has 1 aliphatic carbocycles. The number of thiophene rings is 1. The number of hydrogen-bond acceptors (Lipinski definition) is 5. The van der Waals surface area contributed by atoms with Gasteiger partial charge in [0, 0.05) is 5.92 Å². The number of amides is 2. The number of carbonyl (C=O) groups excluding carboxylic acids is 2. The molecule has 1 aromatic carbocycles. The molecule has 0 bridgehead atoms. The molecular formula is C20H21N5O2S. The smallest absolute Gasteiger partial charge is 0.262 e. The molecule has 1 aliphatic rings. The minimum absolute atomic E-state index is 0.0500. The highest BCUT2D eigenvalue weighted by Crippen LogP contribution is 2.33. The molecule has 1 atom stereocenters. The Morgan fingerprint density at radius 2 is 2.00 bits per heavy atom. The van der Waals surface area contributed by atoms with Crippen molar-refractivity contribution in [2.75, 3.05) is 5.32 Å². The summed E-state index contributed by atoms with van der Waals surface area (Å²) in [6, 6.07) is 9.51. The first-order valence-electron chi connectivity index (χ1n) is 9.18. The van der Waals surface area contributed by atoms with Crippen molar-refractivity contribution in [3.63, 3.8) is 0 Å². The van der Waals surface area contributed by atoms with E-state index in [1.165, 1.54) is 17.7 Å². The first-order chi connectivity index (χ1) is 13.5. The van der Waals surface area contributed by atoms with Crippen LogP contribution in [0.1, 0.15) is 46.6 Å². The molecule has 4 rings (SSSR count). The maximum absolute atomic E-state index is 12.7. The van der Waals surface area contributed by atoms with E-state index in [-0.39, 0.29) is 23.8 Å². The van der Waals surface area contributed by atoms with Crippen molar-refractivity contribution < 1.29 is 9.59 Å². The molecule has 0 saturated heterocycles. The van der Waals surface area contributed by atoms with E-state index in [2.05, 4.69) is 20.7 Å². The number of benzene rings is 1. The summed E-state index contributed by atoms with van der Waals surface area (Å²) in [4.78, 5) is 29.2. The van der Waals surface area contributed by atoms with Crippen LogP contribution in [0.5, 0.6) is 0 Å². The standard InChI is InChI=1S/C20H21N5O2S/c1-12-9-17(24-19(26)15-3-4-15)28-18(12)20(27)23-13(2)14-5-7-16(8-6-14)25-11-21-10-22-25/h5-11,13,15H,3-4H2,1-2H3,(H,23,27)(H,24,26). The van der Waals surface area contributed by atoms with Gasteiger partial charge in [-0.25, -0.2) is 9.67 Å². The van der Waals surface area contributed by atoms with Crippen LogP contribution in [0.3, 0.4) is 0 Å². The van der Waals surface area contributed by atoms with Crippen molar-refractivity contribution in [3.8, 4) is 5.69 Å². The van der Waals surface area contributed by atoms with Crippen LogP contribution in [-0.4, -0.2) is 26.6 Å². The topological polar surface area (TPSA) is 88.9 Å². The van der Waals surface area contributed by atoms with E-state index in [4.69, 9.17) is 0 Å². The Balaban J connectivity index is 1.41. The fourth-order valence-corrected chi connectivity index (χ4v) is 3.92. The van der Waals surface area contributed by atoms with Crippen molar-refractivity contribution in [2.24, 2.45) is 5.92 Å². The van der Waals surface area contributed by atoms with Gasteiger partial charge in [-0.05, 0) is 56.0 Å². The Bertz CT molecular complexity index is 990. The number of carbonyl (C=O) groups is 2. The van der Waals surface area contributed by atoms with E-state index in [0.717, 1.165) is 34.7 Å². The molecule has 8 heteroatoms. The Morgan fingerprint density at radius 3 is 2.64 bits per heavy atom. The molecule has 0 spiro atoms. The summed E-state index contributed by atoms with van der Waals surface area (Å²) < 4.78 is 1.68. The molecule has 2 N–H and O–H groups in total. The third-order valence-corrected chi connectivity index (χ3v) is 5.89. The molecule has 3 aromatic rings. The largest absolute Gasteiger partial charge is 0.345 e. The van der Waals surface area contributed by atoms with Gasteiger partial charge in [-0.3, -0.25) is 9.59 Å². The third-order valence-electron chi connectivity index (χ3n) is 4.74. The van der Waals surface area contributed by atoms with E-state index in [9.17, 15) is 9.59 Å². The zero-order chi connectivity index (χ0) is 19.7. The zero-order valence-corrected chi connectivity index (χ0v) is 16.5. The predicted molar refractivity (Wildman–Crippen MR) is 108 cm³/mol. The molecule has 2 heterocycles. The van der Waals surface area contributed by atoms with Crippen LogP contribution in [0.15, 0.2) is 43.0 Å². The van der Waals surface area contributed by atoms with Crippen molar-refractivity contribution in [3.05, 3.63) is 59.0 Å². The Labute approximate surface area is 166 Å². The van der Waals surface area contributed by atoms with Gasteiger partial charge < -0.3 is 10.6 Å². The van der Waals surface area contributed by atoms with Crippen LogP contribution in [0.4, 0.5) is 5.00 Å². The third kappa shape index (κ3) is 3.96. The maximum Gasteiger partial charge on any atom is 0.262 e. The first-order valence-corrected chi connectivity index (χ1v) is 10.00. The lowest BCUT2D eigenvalue weighted by Crippen LogP contribution is -2.26. The summed E-state index contributed by atoms with van der Waals surface area (Å²) in [5.41, 5.74) is 2.76. The van der Waals surface area contributed by atoms with Crippen LogP contribution in [-0.2, 0) is 4.79 Å². The maximum atomic E-state index is 12.7. The SMILES string of the molecule is Cc1cc(NC(=O)C2CC2)sc1C(=O)NC(C)c1ccc(-n2cncn2)cc1. The van der Waals surface area contributed by atoms with E-state index in [0.29, 0.717) is 4.88 Å². The summed E-state index contributed by atoms with van der Waals surface area (Å²) >= 11 is 1.32. The summed E-state index contributed by atoms with van der Waals surface area (Å²) in [6.45, 7) is 3.83. The number of rotatable bonds is 6. The number of aryl methyl sites for hydroxylation is 1. The van der Waals surface area contributed by atoms with Crippen molar-refractivity contribution in [1.82, 2.24) is 20.1 Å². The number of aromatic nitrogens is 3. The molecule has 1 saturated carbocycles. The van der Waals surface area contributed by atoms with Crippen LogP contribution in [0.25, 0.3) is 5.69 Å². The van der Waals surface area contributed by atoms with Crippen LogP contribution >= 0.6 is 11.3 Å². The fourth-order valence-electron chi connectivity index (χ4n) is 2.94. The minimum Gasteiger partial charge on any atom is -0.345 e. The number of hydrogen-bond donors (Lipinski definition) is 2. The number of anilines is 1. The molecule has 2 aromatic heterocycles.